The van der Waals surface area contributed by atoms with Crippen molar-refractivity contribution in [3.63, 3.8) is 0 Å². The topological polar surface area (TPSA) is 26.3 Å². The standard InChI is InChI=1S/C9H13FO2/c1-2-12-8(11)9(10)6-4-3-5-7(6)9/h6-7H,2-5H2,1H3/t6-,7+,9?. The average Bonchev–Trinajstić information content (AvgIpc) is 2.52. The Balaban J connectivity index is 2.01. The lowest BCUT2D eigenvalue weighted by molar-refractivity contribution is -0.152. The Morgan fingerprint density at radius 2 is 2.17 bits per heavy atom. The third kappa shape index (κ3) is 0.822. The predicted octanol–water partition coefficient (Wildman–Crippen LogP) is 1.69. The SMILES string of the molecule is CCOC(=O)C1(F)[C@@H]2CCC[C@@H]21. The summed E-state index contributed by atoms with van der Waals surface area (Å²) in [5, 5.41) is 0. The summed E-state index contributed by atoms with van der Waals surface area (Å²) in [6, 6.07) is 0. The molecule has 0 aromatic rings. The van der Waals surface area contributed by atoms with Gasteiger partial charge in [0.25, 0.3) is 0 Å². The fourth-order valence-electron chi connectivity index (χ4n) is 2.42. The van der Waals surface area contributed by atoms with Gasteiger partial charge < -0.3 is 4.74 Å². The fraction of sp³-hybridized carbons (Fsp3) is 0.889. The molecule has 0 N–H and O–H groups in total. The number of ether oxygens (including phenoxy) is 1. The Kier molecular flexibility index (Phi) is 1.63. The van der Waals surface area contributed by atoms with Crippen molar-refractivity contribution in [3.05, 3.63) is 0 Å². The number of carbonyl (C=O) groups is 1. The summed E-state index contributed by atoms with van der Waals surface area (Å²) >= 11 is 0. The summed E-state index contributed by atoms with van der Waals surface area (Å²) in [6.07, 6.45) is 2.79. The van der Waals surface area contributed by atoms with Crippen molar-refractivity contribution >= 4 is 5.97 Å². The van der Waals surface area contributed by atoms with Crippen LogP contribution in [0.1, 0.15) is 26.2 Å². The molecule has 2 aliphatic carbocycles. The van der Waals surface area contributed by atoms with E-state index in [9.17, 15) is 9.18 Å². The van der Waals surface area contributed by atoms with Crippen LogP contribution < -0.4 is 0 Å². The highest BCUT2D eigenvalue weighted by molar-refractivity contribution is 5.84. The molecule has 0 radical (unpaired) electrons. The van der Waals surface area contributed by atoms with Gasteiger partial charge >= 0.3 is 5.97 Å². The Morgan fingerprint density at radius 3 is 2.67 bits per heavy atom. The maximum atomic E-state index is 13.7. The first-order valence-corrected chi connectivity index (χ1v) is 4.57. The van der Waals surface area contributed by atoms with E-state index in [1.54, 1.807) is 6.92 Å². The van der Waals surface area contributed by atoms with Crippen LogP contribution in [-0.2, 0) is 9.53 Å². The van der Waals surface area contributed by atoms with Crippen LogP contribution in [0, 0.1) is 11.8 Å². The summed E-state index contributed by atoms with van der Waals surface area (Å²) in [7, 11) is 0. The molecule has 0 bridgehead atoms. The molecular formula is C9H13FO2. The predicted molar refractivity (Wildman–Crippen MR) is 41.3 cm³/mol. The van der Waals surface area contributed by atoms with Crippen LogP contribution in [0.5, 0.6) is 0 Å². The summed E-state index contributed by atoms with van der Waals surface area (Å²) in [4.78, 5) is 11.1. The number of alkyl halides is 1. The van der Waals surface area contributed by atoms with Gasteiger partial charge in [-0.2, -0.15) is 0 Å². The van der Waals surface area contributed by atoms with E-state index < -0.39 is 11.6 Å². The van der Waals surface area contributed by atoms with E-state index in [1.165, 1.54) is 0 Å². The van der Waals surface area contributed by atoms with Crippen LogP contribution in [0.25, 0.3) is 0 Å². The van der Waals surface area contributed by atoms with Crippen molar-refractivity contribution in [3.8, 4) is 0 Å². The molecule has 0 aromatic heterocycles. The van der Waals surface area contributed by atoms with Crippen LogP contribution >= 0.6 is 0 Å². The molecule has 68 valence electrons. The Bertz CT molecular complexity index is 205. The van der Waals surface area contributed by atoms with Crippen LogP contribution in [0.15, 0.2) is 0 Å². The highest BCUT2D eigenvalue weighted by Gasteiger charge is 2.73. The first kappa shape index (κ1) is 8.02. The van der Waals surface area contributed by atoms with Gasteiger partial charge in [0.2, 0.25) is 5.67 Å². The Morgan fingerprint density at radius 1 is 1.58 bits per heavy atom. The second-order valence-electron chi connectivity index (χ2n) is 3.63. The summed E-state index contributed by atoms with van der Waals surface area (Å²) in [5.74, 6) is -0.659. The van der Waals surface area contributed by atoms with Gasteiger partial charge in [-0.05, 0) is 19.8 Å². The molecule has 0 heterocycles. The van der Waals surface area contributed by atoms with Gasteiger partial charge in [0, 0.05) is 11.8 Å². The number of halogens is 1. The lowest BCUT2D eigenvalue weighted by Crippen LogP contribution is -2.25. The van der Waals surface area contributed by atoms with Gasteiger partial charge in [0.1, 0.15) is 0 Å². The van der Waals surface area contributed by atoms with E-state index in [2.05, 4.69) is 0 Å². The van der Waals surface area contributed by atoms with E-state index >= 15 is 0 Å². The van der Waals surface area contributed by atoms with Crippen molar-refractivity contribution in [2.24, 2.45) is 11.8 Å². The second kappa shape index (κ2) is 2.44. The molecule has 2 aliphatic rings. The fourth-order valence-corrected chi connectivity index (χ4v) is 2.42. The molecule has 2 rings (SSSR count). The molecule has 2 nitrogen and oxygen atoms in total. The van der Waals surface area contributed by atoms with E-state index in [0.717, 1.165) is 19.3 Å². The van der Waals surface area contributed by atoms with Crippen LogP contribution in [0.4, 0.5) is 4.39 Å². The van der Waals surface area contributed by atoms with E-state index in [-0.39, 0.29) is 18.4 Å². The highest BCUT2D eigenvalue weighted by atomic mass is 19.1. The van der Waals surface area contributed by atoms with E-state index in [1.807, 2.05) is 0 Å². The lowest BCUT2D eigenvalue weighted by Gasteiger charge is -2.09. The monoisotopic (exact) mass is 172 g/mol. The number of hydrogen-bond donors (Lipinski definition) is 0. The zero-order valence-corrected chi connectivity index (χ0v) is 7.18. The van der Waals surface area contributed by atoms with Crippen molar-refractivity contribution in [2.75, 3.05) is 6.61 Å². The molecule has 3 atom stereocenters. The van der Waals surface area contributed by atoms with E-state index in [4.69, 9.17) is 4.74 Å². The highest BCUT2D eigenvalue weighted by Crippen LogP contribution is 2.63. The summed E-state index contributed by atoms with van der Waals surface area (Å²) in [6.45, 7) is 1.99. The molecule has 2 fully saturated rings. The molecule has 0 aliphatic heterocycles. The van der Waals surface area contributed by atoms with Crippen LogP contribution in [0.2, 0.25) is 0 Å². The molecule has 12 heavy (non-hydrogen) atoms. The third-order valence-corrected chi connectivity index (χ3v) is 3.07. The van der Waals surface area contributed by atoms with E-state index in [0.29, 0.717) is 0 Å². The smallest absolute Gasteiger partial charge is 0.344 e. The maximum Gasteiger partial charge on any atom is 0.344 e. The zero-order chi connectivity index (χ0) is 8.77. The van der Waals surface area contributed by atoms with Crippen LogP contribution in [0.3, 0.4) is 0 Å². The normalized spacial score (nSPS) is 43.8. The minimum Gasteiger partial charge on any atom is -0.464 e. The Labute approximate surface area is 71.1 Å². The van der Waals surface area contributed by atoms with Crippen molar-refractivity contribution < 1.29 is 13.9 Å². The Hall–Kier alpha value is -0.600. The number of esters is 1. The van der Waals surface area contributed by atoms with Gasteiger partial charge in [-0.1, -0.05) is 6.42 Å². The molecule has 3 heteroatoms. The van der Waals surface area contributed by atoms with Gasteiger partial charge in [0.05, 0.1) is 6.61 Å². The first-order valence-electron chi connectivity index (χ1n) is 4.57. The molecule has 0 aromatic carbocycles. The third-order valence-electron chi connectivity index (χ3n) is 3.07. The number of fused-ring (bicyclic) bond motifs is 1. The minimum absolute atomic E-state index is 0.0171. The second-order valence-corrected chi connectivity index (χ2v) is 3.63. The molecule has 1 unspecified atom stereocenters. The zero-order valence-electron chi connectivity index (χ0n) is 7.18. The first-order chi connectivity index (χ1) is 5.71. The summed E-state index contributed by atoms with van der Waals surface area (Å²) in [5.41, 5.74) is -1.59. The van der Waals surface area contributed by atoms with Gasteiger partial charge in [-0.25, -0.2) is 9.18 Å². The molecule has 2 saturated carbocycles. The largest absolute Gasteiger partial charge is 0.464 e. The molecule has 0 amide bonds. The summed E-state index contributed by atoms with van der Waals surface area (Å²) < 4.78 is 18.4. The van der Waals surface area contributed by atoms with Gasteiger partial charge in [0.15, 0.2) is 0 Å². The lowest BCUT2D eigenvalue weighted by atomic mass is 10.1. The van der Waals surface area contributed by atoms with Crippen molar-refractivity contribution in [1.82, 2.24) is 0 Å². The van der Waals surface area contributed by atoms with Crippen molar-refractivity contribution in [2.45, 2.75) is 31.9 Å². The number of rotatable bonds is 2. The van der Waals surface area contributed by atoms with Gasteiger partial charge in [-0.3, -0.25) is 0 Å². The molecule has 0 spiro atoms. The average molecular weight is 172 g/mol. The number of carbonyl (C=O) groups excluding carboxylic acids is 1. The number of hydrogen-bond acceptors (Lipinski definition) is 2. The quantitative estimate of drug-likeness (QED) is 0.592. The van der Waals surface area contributed by atoms with Crippen molar-refractivity contribution in [1.29, 1.82) is 0 Å². The van der Waals surface area contributed by atoms with Crippen LogP contribution in [-0.4, -0.2) is 18.2 Å². The molecular weight excluding hydrogens is 159 g/mol. The maximum absolute atomic E-state index is 13.7. The molecule has 0 saturated heterocycles. The minimum atomic E-state index is -1.59. The van der Waals surface area contributed by atoms with Gasteiger partial charge in [-0.15, -0.1) is 0 Å².